The number of carbonyl (C=O) groups excluding carboxylic acids is 1. The third-order valence-corrected chi connectivity index (χ3v) is 3.35. The fraction of sp³-hybridized carbons (Fsp3) is 0.636. The summed E-state index contributed by atoms with van der Waals surface area (Å²) < 4.78 is 39.0. The quantitative estimate of drug-likeness (QED) is 0.876. The van der Waals surface area contributed by atoms with Crippen molar-refractivity contribution in [2.75, 3.05) is 13.1 Å². The van der Waals surface area contributed by atoms with Gasteiger partial charge in [0.2, 0.25) is 0 Å². The Bertz CT molecular complexity index is 504. The number of rotatable bonds is 2. The Morgan fingerprint density at radius 1 is 1.53 bits per heavy atom. The topological polar surface area (TPSA) is 58.4 Å². The van der Waals surface area contributed by atoms with E-state index in [1.54, 1.807) is 11.6 Å². The van der Waals surface area contributed by atoms with Gasteiger partial charge in [-0.2, -0.15) is 18.3 Å². The summed E-state index contributed by atoms with van der Waals surface area (Å²) in [5, 5.41) is 13.3. The normalized spacial score (nSPS) is 18.3. The van der Waals surface area contributed by atoms with Gasteiger partial charge < -0.3 is 10.0 Å². The van der Waals surface area contributed by atoms with Crippen LogP contribution in [0.5, 0.6) is 0 Å². The largest absolute Gasteiger partial charge is 0.420 e. The summed E-state index contributed by atoms with van der Waals surface area (Å²) in [5.74, 6) is -0.536. The van der Waals surface area contributed by atoms with Crippen LogP contribution in [0.4, 0.5) is 13.2 Å². The molecular formula is C11H14F3N3O2. The van der Waals surface area contributed by atoms with Gasteiger partial charge in [-0.15, -0.1) is 0 Å². The van der Waals surface area contributed by atoms with Crippen molar-refractivity contribution in [2.24, 2.45) is 0 Å². The van der Waals surface area contributed by atoms with Gasteiger partial charge in [0.15, 0.2) is 5.60 Å². The van der Waals surface area contributed by atoms with Crippen molar-refractivity contribution in [2.45, 2.75) is 32.2 Å². The van der Waals surface area contributed by atoms with E-state index in [0.29, 0.717) is 12.2 Å². The number of halogens is 3. The lowest BCUT2D eigenvalue weighted by molar-refractivity contribution is -0.294. The van der Waals surface area contributed by atoms with Gasteiger partial charge in [-0.3, -0.25) is 9.48 Å². The number of likely N-dealkylation sites (tertiary alicyclic amines) is 1. The monoisotopic (exact) mass is 277 g/mol. The van der Waals surface area contributed by atoms with E-state index in [-0.39, 0.29) is 5.56 Å². The molecule has 2 heterocycles. The average molecular weight is 277 g/mol. The molecule has 1 aliphatic rings. The Balaban J connectivity index is 2.10. The molecule has 0 saturated carbocycles. The number of β-amino-alcohol motifs (C(OH)–C–C–N with tert-alkyl or cyclic N) is 1. The first-order valence-corrected chi connectivity index (χ1v) is 5.80. The minimum absolute atomic E-state index is 0.270. The highest BCUT2D eigenvalue weighted by Crippen LogP contribution is 2.38. The third kappa shape index (κ3) is 2.09. The van der Waals surface area contributed by atoms with E-state index in [1.807, 2.05) is 6.92 Å². The summed E-state index contributed by atoms with van der Waals surface area (Å²) in [4.78, 5) is 13.0. The SMILES string of the molecule is CCn1ncc(C(=O)N2CC(O)(C(F)(F)F)C2)c1C. The maximum Gasteiger partial charge on any atom is 0.420 e. The zero-order valence-electron chi connectivity index (χ0n) is 10.5. The molecule has 0 radical (unpaired) electrons. The second-order valence-electron chi connectivity index (χ2n) is 4.65. The third-order valence-electron chi connectivity index (χ3n) is 3.35. The maximum absolute atomic E-state index is 12.5. The van der Waals surface area contributed by atoms with Gasteiger partial charge in [0.05, 0.1) is 24.8 Å². The minimum atomic E-state index is -4.72. The molecule has 1 amide bonds. The lowest BCUT2D eigenvalue weighted by Crippen LogP contribution is -2.70. The molecular weight excluding hydrogens is 263 g/mol. The fourth-order valence-corrected chi connectivity index (χ4v) is 2.05. The van der Waals surface area contributed by atoms with Crippen molar-refractivity contribution < 1.29 is 23.1 Å². The second kappa shape index (κ2) is 4.22. The predicted molar refractivity (Wildman–Crippen MR) is 59.5 cm³/mol. The number of hydrogen-bond donors (Lipinski definition) is 1. The standard InChI is InChI=1S/C11H14F3N3O2/c1-3-17-7(2)8(4-15-17)9(18)16-5-10(19,6-16)11(12,13)14/h4,19H,3,5-6H2,1-2H3. The van der Waals surface area contributed by atoms with E-state index in [9.17, 15) is 23.1 Å². The van der Waals surface area contributed by atoms with Gasteiger partial charge in [0, 0.05) is 12.2 Å². The number of nitrogens with zero attached hydrogens (tertiary/aromatic N) is 3. The second-order valence-corrected chi connectivity index (χ2v) is 4.65. The van der Waals surface area contributed by atoms with Crippen molar-refractivity contribution in [3.8, 4) is 0 Å². The first-order chi connectivity index (χ1) is 8.69. The van der Waals surface area contributed by atoms with Crippen LogP contribution in [0.25, 0.3) is 0 Å². The summed E-state index contributed by atoms with van der Waals surface area (Å²) in [6.07, 6.45) is -3.38. The summed E-state index contributed by atoms with van der Waals surface area (Å²) in [7, 11) is 0. The number of aryl methyl sites for hydroxylation is 1. The van der Waals surface area contributed by atoms with E-state index in [2.05, 4.69) is 5.10 Å². The van der Waals surface area contributed by atoms with E-state index in [4.69, 9.17) is 0 Å². The number of amides is 1. The van der Waals surface area contributed by atoms with Crippen LogP contribution < -0.4 is 0 Å². The first-order valence-electron chi connectivity index (χ1n) is 5.80. The Hall–Kier alpha value is -1.57. The highest BCUT2D eigenvalue weighted by atomic mass is 19.4. The first kappa shape index (κ1) is 13.9. The Kier molecular flexibility index (Phi) is 3.08. The smallest absolute Gasteiger partial charge is 0.378 e. The Labute approximate surface area is 107 Å². The van der Waals surface area contributed by atoms with Gasteiger partial charge in [0.25, 0.3) is 5.91 Å². The molecule has 1 aliphatic heterocycles. The molecule has 1 saturated heterocycles. The number of aliphatic hydroxyl groups is 1. The van der Waals surface area contributed by atoms with Gasteiger partial charge in [0.1, 0.15) is 0 Å². The number of carbonyl (C=O) groups is 1. The van der Waals surface area contributed by atoms with Gasteiger partial charge in [-0.1, -0.05) is 0 Å². The van der Waals surface area contributed by atoms with Crippen molar-refractivity contribution in [1.82, 2.24) is 14.7 Å². The van der Waals surface area contributed by atoms with Crippen molar-refractivity contribution in [3.05, 3.63) is 17.5 Å². The molecule has 0 aliphatic carbocycles. The molecule has 2 rings (SSSR count). The van der Waals surface area contributed by atoms with Gasteiger partial charge in [-0.25, -0.2) is 0 Å². The van der Waals surface area contributed by atoms with Crippen LogP contribution >= 0.6 is 0 Å². The van der Waals surface area contributed by atoms with Crippen LogP contribution in [-0.2, 0) is 6.54 Å². The zero-order valence-corrected chi connectivity index (χ0v) is 10.5. The molecule has 0 unspecified atom stereocenters. The molecule has 8 heteroatoms. The number of hydrogen-bond acceptors (Lipinski definition) is 3. The number of aromatic nitrogens is 2. The van der Waals surface area contributed by atoms with Crippen LogP contribution in [0, 0.1) is 6.92 Å². The molecule has 1 aromatic rings. The van der Waals surface area contributed by atoms with Crippen molar-refractivity contribution in [1.29, 1.82) is 0 Å². The van der Waals surface area contributed by atoms with E-state index >= 15 is 0 Å². The van der Waals surface area contributed by atoms with Gasteiger partial charge >= 0.3 is 6.18 Å². The zero-order chi connectivity index (χ0) is 14.4. The fourth-order valence-electron chi connectivity index (χ4n) is 2.05. The molecule has 1 N–H and O–H groups in total. The van der Waals surface area contributed by atoms with Crippen molar-refractivity contribution >= 4 is 5.91 Å². The molecule has 0 spiro atoms. The molecule has 5 nitrogen and oxygen atoms in total. The Morgan fingerprint density at radius 3 is 2.53 bits per heavy atom. The minimum Gasteiger partial charge on any atom is -0.378 e. The molecule has 0 bridgehead atoms. The number of alkyl halides is 3. The summed E-state index contributed by atoms with van der Waals surface area (Å²) in [6, 6.07) is 0. The lowest BCUT2D eigenvalue weighted by Gasteiger charge is -2.46. The van der Waals surface area contributed by atoms with E-state index in [1.165, 1.54) is 6.20 Å². The van der Waals surface area contributed by atoms with Gasteiger partial charge in [-0.05, 0) is 13.8 Å². The van der Waals surface area contributed by atoms with E-state index in [0.717, 1.165) is 4.90 Å². The molecule has 0 atom stereocenters. The van der Waals surface area contributed by atoms with Crippen LogP contribution in [0.15, 0.2) is 6.20 Å². The van der Waals surface area contributed by atoms with Crippen LogP contribution in [0.3, 0.4) is 0 Å². The maximum atomic E-state index is 12.5. The lowest BCUT2D eigenvalue weighted by atomic mass is 9.92. The van der Waals surface area contributed by atoms with Crippen LogP contribution in [-0.4, -0.2) is 50.6 Å². The summed E-state index contributed by atoms with van der Waals surface area (Å²) >= 11 is 0. The molecule has 19 heavy (non-hydrogen) atoms. The molecule has 1 fully saturated rings. The van der Waals surface area contributed by atoms with Crippen molar-refractivity contribution in [3.63, 3.8) is 0 Å². The van der Waals surface area contributed by atoms with Crippen LogP contribution in [0.1, 0.15) is 23.0 Å². The average Bonchev–Trinajstić information content (AvgIpc) is 2.63. The van der Waals surface area contributed by atoms with E-state index < -0.39 is 30.8 Å². The predicted octanol–water partition coefficient (Wildman–Crippen LogP) is 0.961. The Morgan fingerprint density at radius 2 is 2.11 bits per heavy atom. The molecule has 106 valence electrons. The molecule has 1 aromatic heterocycles. The highest BCUT2D eigenvalue weighted by Gasteiger charge is 2.62. The summed E-state index contributed by atoms with van der Waals surface area (Å²) in [6.45, 7) is 2.64. The van der Waals surface area contributed by atoms with Crippen LogP contribution in [0.2, 0.25) is 0 Å². The molecule has 0 aromatic carbocycles. The summed E-state index contributed by atoms with van der Waals surface area (Å²) in [5.41, 5.74) is -1.90. The highest BCUT2D eigenvalue weighted by molar-refractivity contribution is 5.95.